The lowest BCUT2D eigenvalue weighted by Gasteiger charge is -2.19. The fourth-order valence-electron chi connectivity index (χ4n) is 0.272. The molecule has 7 heavy (non-hydrogen) atoms. The second-order valence-electron chi connectivity index (χ2n) is 1.18. The van der Waals surface area contributed by atoms with Gasteiger partial charge in [-0.1, -0.05) is 0 Å². The van der Waals surface area contributed by atoms with Crippen LogP contribution in [0.5, 0.6) is 0 Å². The topological polar surface area (TPSA) is 21.3 Å². The van der Waals surface area contributed by atoms with Gasteiger partial charge in [-0.2, -0.15) is 0 Å². The molecule has 1 fully saturated rings. The molecule has 1 aliphatic rings. The lowest BCUT2D eigenvalue weighted by Crippen LogP contribution is -2.38. The van der Waals surface area contributed by atoms with Crippen molar-refractivity contribution in [1.29, 1.82) is 0 Å². The van der Waals surface area contributed by atoms with Gasteiger partial charge in [0.25, 0.3) is 0 Å². The van der Waals surface area contributed by atoms with Crippen LogP contribution in [0.3, 0.4) is 0 Å². The second kappa shape index (κ2) is 2.28. The lowest BCUT2D eigenvalue weighted by atomic mass is 10.3. The molecule has 0 radical (unpaired) electrons. The molecule has 0 saturated carbocycles. The van der Waals surface area contributed by atoms with Crippen LogP contribution in [-0.4, -0.2) is 25.6 Å². The first kappa shape index (κ1) is 1.25. The van der Waals surface area contributed by atoms with E-state index in [9.17, 15) is 0 Å². The Bertz CT molecular complexity index is 200. The maximum absolute atomic E-state index is 7.44. The van der Waals surface area contributed by atoms with Crippen molar-refractivity contribution < 1.29 is 14.3 Å². The molecule has 1 atom stereocenters. The van der Waals surface area contributed by atoms with Gasteiger partial charge in [-0.15, -0.1) is 0 Å². The van der Waals surface area contributed by atoms with Crippen LogP contribution in [0, 0.1) is 0 Å². The molecule has 2 nitrogen and oxygen atoms in total. The molecule has 1 heterocycles. The Morgan fingerprint density at radius 3 is 3.71 bits per heavy atom. The number of hydrogen-bond acceptors (Lipinski definition) is 2. The normalized spacial score (nSPS) is 79.9. The summed E-state index contributed by atoms with van der Waals surface area (Å²) in [5, 5.41) is 1.94. The van der Waals surface area contributed by atoms with E-state index >= 15 is 0 Å². The van der Waals surface area contributed by atoms with E-state index in [-0.39, 0.29) is 0 Å². The van der Waals surface area contributed by atoms with Crippen LogP contribution in [0.4, 0.5) is 0 Å². The average molecular weight is 108 g/mol. The van der Waals surface area contributed by atoms with Crippen LogP contribution in [0.15, 0.2) is 0 Å². The zero-order valence-corrected chi connectivity index (χ0v) is 3.91. The van der Waals surface area contributed by atoms with E-state index in [1.165, 1.54) is 0 Å². The van der Waals surface area contributed by atoms with Crippen molar-refractivity contribution in [3.8, 4) is 0 Å². The largest absolute Gasteiger partial charge is 0.379 e. The zero-order chi connectivity index (χ0) is 11.4. The van der Waals surface area contributed by atoms with Crippen LogP contribution < -0.4 is 5.32 Å². The highest BCUT2D eigenvalue weighted by Crippen LogP contribution is 1.88. The predicted molar refractivity (Wildman–Crippen MR) is 28.3 cm³/mol. The maximum atomic E-state index is 7.44. The zero-order valence-electron chi connectivity index (χ0n) is 10.9. The van der Waals surface area contributed by atoms with Crippen LogP contribution >= 0.6 is 0 Å². The third-order valence-corrected chi connectivity index (χ3v) is 0.556. The summed E-state index contributed by atoms with van der Waals surface area (Å²) in [4.78, 5) is 0. The third kappa shape index (κ3) is 1.45. The molecule has 1 N–H and O–H groups in total. The van der Waals surface area contributed by atoms with E-state index in [4.69, 9.17) is 9.60 Å². The molecule has 42 valence electrons. The molecule has 0 aromatic heterocycles. The van der Waals surface area contributed by atoms with Crippen molar-refractivity contribution in [2.24, 2.45) is 0 Å². The van der Waals surface area contributed by atoms with Gasteiger partial charge in [0, 0.05) is 16.6 Å². The van der Waals surface area contributed by atoms with E-state index in [0.29, 0.717) is 0 Å². The average Bonchev–Trinajstić information content (AvgIpc) is 1.78. The van der Waals surface area contributed by atoms with E-state index in [1.807, 2.05) is 5.32 Å². The number of morpholine rings is 1. The maximum Gasteiger partial charge on any atom is 0.0617 e. The van der Waals surface area contributed by atoms with E-state index in [0.717, 1.165) is 6.92 Å². The Kier molecular flexibility index (Phi) is 0.408. The van der Waals surface area contributed by atoms with Crippen molar-refractivity contribution in [2.45, 2.75) is 12.9 Å². The van der Waals surface area contributed by atoms with Crippen LogP contribution in [0.2, 0.25) is 0 Å². The molecule has 0 amide bonds. The first-order chi connectivity index (χ1) is 5.91. The van der Waals surface area contributed by atoms with E-state index in [1.54, 1.807) is 0 Å². The Labute approximate surface area is 53.7 Å². The first-order valence-electron chi connectivity index (χ1n) is 5.41. The van der Waals surface area contributed by atoms with Gasteiger partial charge in [-0.25, -0.2) is 0 Å². The third-order valence-electron chi connectivity index (χ3n) is 0.556. The Balaban J connectivity index is 3.07. The van der Waals surface area contributed by atoms with Crippen LogP contribution in [0.25, 0.3) is 0 Å². The fourth-order valence-corrected chi connectivity index (χ4v) is 0.272. The first-order valence-corrected chi connectivity index (χ1v) is 1.91. The lowest BCUT2D eigenvalue weighted by molar-refractivity contribution is 0.0824. The Hall–Kier alpha value is -0.0800. The molecule has 0 aliphatic carbocycles. The second-order valence-corrected chi connectivity index (χ2v) is 1.18. The van der Waals surface area contributed by atoms with Gasteiger partial charge in [-0.3, -0.25) is 0 Å². The number of hydrogen-bond donors (Lipinski definition) is 1. The van der Waals surface area contributed by atoms with Crippen molar-refractivity contribution in [1.82, 2.24) is 5.32 Å². The monoisotopic (exact) mass is 108 g/mol. The molecular weight excluding hydrogens is 90.1 g/mol. The van der Waals surface area contributed by atoms with Gasteiger partial charge in [0.2, 0.25) is 0 Å². The molecule has 1 aliphatic heterocycles. The highest BCUT2D eigenvalue weighted by molar-refractivity contribution is 4.62. The molecule has 0 aromatic rings. The Morgan fingerprint density at radius 1 is 2.14 bits per heavy atom. The summed E-state index contributed by atoms with van der Waals surface area (Å²) < 4.78 is 55.0. The van der Waals surface area contributed by atoms with Gasteiger partial charge in [0.15, 0.2) is 0 Å². The minimum atomic E-state index is -2.81. The number of ether oxygens (including phenoxy) is 1. The highest BCUT2D eigenvalue weighted by atomic mass is 16.5. The molecule has 1 rings (SSSR count). The van der Waals surface area contributed by atoms with Crippen LogP contribution in [-0.2, 0) is 4.74 Å². The van der Waals surface area contributed by atoms with Crippen molar-refractivity contribution >= 4 is 0 Å². The SMILES string of the molecule is [2H]C1([2H])N[C@]([2H])(C)C([2H])([2H])OC1([2H])[2H]. The van der Waals surface area contributed by atoms with E-state index < -0.39 is 25.6 Å². The van der Waals surface area contributed by atoms with Crippen molar-refractivity contribution in [3.63, 3.8) is 0 Å². The fraction of sp³-hybridized carbons (Fsp3) is 1.00. The predicted octanol–water partition coefficient (Wildman–Crippen LogP) is -0.00530. The molecule has 0 unspecified atom stereocenters. The van der Waals surface area contributed by atoms with Gasteiger partial charge in [-0.05, 0) is 6.92 Å². The summed E-state index contributed by atoms with van der Waals surface area (Å²) in [6.45, 7) is -6.92. The minimum absolute atomic E-state index is 1.08. The van der Waals surface area contributed by atoms with Crippen molar-refractivity contribution in [3.05, 3.63) is 0 Å². The number of rotatable bonds is 0. The van der Waals surface area contributed by atoms with Gasteiger partial charge < -0.3 is 10.1 Å². The molecular formula is C5H11NO. The van der Waals surface area contributed by atoms with E-state index in [2.05, 4.69) is 4.74 Å². The van der Waals surface area contributed by atoms with Gasteiger partial charge >= 0.3 is 0 Å². The van der Waals surface area contributed by atoms with Gasteiger partial charge in [0.1, 0.15) is 0 Å². The molecule has 2 heteroatoms. The summed E-state index contributed by atoms with van der Waals surface area (Å²) in [5.41, 5.74) is 0. The Morgan fingerprint density at radius 2 is 3.00 bits per heavy atom. The molecule has 1 saturated heterocycles. The smallest absolute Gasteiger partial charge is 0.0617 e. The molecule has 0 bridgehead atoms. The number of nitrogens with one attached hydrogen (secondary N) is 1. The van der Waals surface area contributed by atoms with Gasteiger partial charge in [0.05, 0.1) is 18.6 Å². The molecule has 0 spiro atoms. The summed E-state index contributed by atoms with van der Waals surface area (Å²) >= 11 is 0. The summed E-state index contributed by atoms with van der Waals surface area (Å²) in [6, 6.07) is -2.04. The van der Waals surface area contributed by atoms with Crippen LogP contribution in [0.1, 0.15) is 16.5 Å². The summed E-state index contributed by atoms with van der Waals surface area (Å²) in [5.74, 6) is 0. The standard InChI is InChI=1S/C5H11NO/c1-5-4-7-3-2-6-5/h5-6H,2-4H2,1H3/t5-/m1/s1/i2D2,3D2,4D2,5D. The molecule has 0 aromatic carbocycles. The quantitative estimate of drug-likeness (QED) is 0.471. The highest BCUT2D eigenvalue weighted by Gasteiger charge is 2.04. The van der Waals surface area contributed by atoms with Crippen molar-refractivity contribution in [2.75, 3.05) is 19.6 Å². The summed E-state index contributed by atoms with van der Waals surface area (Å²) in [7, 11) is 0. The summed E-state index contributed by atoms with van der Waals surface area (Å²) in [6.07, 6.45) is 0. The minimum Gasteiger partial charge on any atom is -0.379 e.